The lowest BCUT2D eigenvalue weighted by Gasteiger charge is -2.08. The van der Waals surface area contributed by atoms with Crippen molar-refractivity contribution in [3.8, 4) is 0 Å². The predicted molar refractivity (Wildman–Crippen MR) is 86.2 cm³/mol. The van der Waals surface area contributed by atoms with E-state index in [9.17, 15) is 0 Å². The van der Waals surface area contributed by atoms with Gasteiger partial charge >= 0.3 is 0 Å². The van der Waals surface area contributed by atoms with Crippen molar-refractivity contribution in [1.82, 2.24) is 5.32 Å². The fraction of sp³-hybridized carbons (Fsp3) is 1.00. The maximum absolute atomic E-state index is 5.56. The maximum atomic E-state index is 5.56. The highest BCUT2D eigenvalue weighted by atomic mass is 32.2. The molecule has 0 saturated heterocycles. The van der Waals surface area contributed by atoms with Gasteiger partial charge in [-0.2, -0.15) is 11.8 Å². The van der Waals surface area contributed by atoms with E-state index in [1.807, 2.05) is 11.8 Å². The number of unbranched alkanes of at least 4 members (excludes halogenated alkanes) is 1. The molecule has 116 valence electrons. The molecule has 0 aromatic carbocycles. The van der Waals surface area contributed by atoms with Crippen LogP contribution in [0.3, 0.4) is 0 Å². The van der Waals surface area contributed by atoms with Crippen molar-refractivity contribution in [1.29, 1.82) is 0 Å². The summed E-state index contributed by atoms with van der Waals surface area (Å²) in [5.74, 6) is 1.98. The molecule has 0 aliphatic carbocycles. The van der Waals surface area contributed by atoms with Gasteiger partial charge in [-0.15, -0.1) is 0 Å². The molecular formula is C15H33NO2S. The lowest BCUT2D eigenvalue weighted by atomic mass is 10.2. The Morgan fingerprint density at radius 1 is 0.895 bits per heavy atom. The Morgan fingerprint density at radius 2 is 1.53 bits per heavy atom. The number of hydrogen-bond donors (Lipinski definition) is 1. The van der Waals surface area contributed by atoms with Gasteiger partial charge in [-0.3, -0.25) is 0 Å². The number of rotatable bonds is 15. The van der Waals surface area contributed by atoms with Crippen LogP contribution in [0, 0.1) is 5.92 Å². The van der Waals surface area contributed by atoms with Gasteiger partial charge in [0.25, 0.3) is 0 Å². The van der Waals surface area contributed by atoms with E-state index < -0.39 is 0 Å². The smallest absolute Gasteiger partial charge is 0.0487 e. The Balaban J connectivity index is 2.91. The van der Waals surface area contributed by atoms with Crippen LogP contribution in [0.1, 0.15) is 39.5 Å². The Labute approximate surface area is 124 Å². The lowest BCUT2D eigenvalue weighted by molar-refractivity contribution is 0.0807. The van der Waals surface area contributed by atoms with Crippen LogP contribution in [0.15, 0.2) is 0 Å². The topological polar surface area (TPSA) is 30.5 Å². The van der Waals surface area contributed by atoms with E-state index in [4.69, 9.17) is 9.47 Å². The molecule has 0 spiro atoms. The largest absolute Gasteiger partial charge is 0.381 e. The first-order chi connectivity index (χ1) is 9.27. The molecule has 0 bridgehead atoms. The van der Waals surface area contributed by atoms with Crippen LogP contribution < -0.4 is 5.32 Å². The van der Waals surface area contributed by atoms with E-state index >= 15 is 0 Å². The molecular weight excluding hydrogens is 258 g/mol. The third-order valence-corrected chi connectivity index (χ3v) is 3.36. The summed E-state index contributed by atoms with van der Waals surface area (Å²) >= 11 is 1.91. The molecule has 19 heavy (non-hydrogen) atoms. The molecule has 0 radical (unpaired) electrons. The zero-order valence-corrected chi connectivity index (χ0v) is 13.9. The molecule has 0 aromatic heterocycles. The van der Waals surface area contributed by atoms with Gasteiger partial charge in [0.2, 0.25) is 0 Å². The second-order valence-electron chi connectivity index (χ2n) is 5.23. The summed E-state index contributed by atoms with van der Waals surface area (Å²) in [5.41, 5.74) is 0. The molecule has 0 aliphatic rings. The molecule has 0 atom stereocenters. The maximum Gasteiger partial charge on any atom is 0.0487 e. The fourth-order valence-electron chi connectivity index (χ4n) is 1.61. The zero-order chi connectivity index (χ0) is 14.2. The number of nitrogens with one attached hydrogen (secondary N) is 1. The monoisotopic (exact) mass is 291 g/mol. The molecule has 0 rings (SSSR count). The van der Waals surface area contributed by atoms with Crippen molar-refractivity contribution in [2.45, 2.75) is 39.5 Å². The Morgan fingerprint density at radius 3 is 2.16 bits per heavy atom. The van der Waals surface area contributed by atoms with Crippen LogP contribution in [-0.4, -0.2) is 51.5 Å². The van der Waals surface area contributed by atoms with Gasteiger partial charge in [-0.1, -0.05) is 13.8 Å². The number of thioether (sulfide) groups is 1. The van der Waals surface area contributed by atoms with Gasteiger partial charge in [-0.05, 0) is 56.7 Å². The molecule has 0 fully saturated rings. The van der Waals surface area contributed by atoms with Gasteiger partial charge in [0.15, 0.2) is 0 Å². The summed E-state index contributed by atoms with van der Waals surface area (Å²) in [6.45, 7) is 10.0. The third-order valence-electron chi connectivity index (χ3n) is 2.66. The third kappa shape index (κ3) is 18.2. The van der Waals surface area contributed by atoms with Gasteiger partial charge in [-0.25, -0.2) is 0 Å². The van der Waals surface area contributed by atoms with E-state index in [1.165, 1.54) is 18.6 Å². The Hall–Kier alpha value is 0.230. The van der Waals surface area contributed by atoms with Crippen molar-refractivity contribution in [3.05, 3.63) is 0 Å². The minimum Gasteiger partial charge on any atom is -0.381 e. The standard InChI is InChI=1S/C15H33NO2S/c1-15(2)14-16-8-6-10-18-12-7-11-17-9-4-5-13-19-3/h15-16H,4-14H2,1-3H3. The molecule has 0 amide bonds. The van der Waals surface area contributed by atoms with Gasteiger partial charge in [0, 0.05) is 26.4 Å². The summed E-state index contributed by atoms with van der Waals surface area (Å²) in [4.78, 5) is 0. The first kappa shape index (κ1) is 19.2. The summed E-state index contributed by atoms with van der Waals surface area (Å²) in [7, 11) is 0. The van der Waals surface area contributed by atoms with Gasteiger partial charge in [0.05, 0.1) is 0 Å². The van der Waals surface area contributed by atoms with Crippen LogP contribution in [-0.2, 0) is 9.47 Å². The highest BCUT2D eigenvalue weighted by Crippen LogP contribution is 1.99. The highest BCUT2D eigenvalue weighted by Gasteiger charge is 1.94. The average Bonchev–Trinajstić information content (AvgIpc) is 2.39. The van der Waals surface area contributed by atoms with Crippen LogP contribution in [0.5, 0.6) is 0 Å². The second kappa shape index (κ2) is 16.3. The zero-order valence-electron chi connectivity index (χ0n) is 13.1. The summed E-state index contributed by atoms with van der Waals surface area (Å²) < 4.78 is 11.1. The minimum absolute atomic E-state index is 0.731. The normalized spacial score (nSPS) is 11.4. The summed E-state index contributed by atoms with van der Waals surface area (Å²) in [6, 6.07) is 0. The van der Waals surface area contributed by atoms with Crippen molar-refractivity contribution in [2.75, 3.05) is 51.5 Å². The van der Waals surface area contributed by atoms with Crippen molar-refractivity contribution >= 4 is 11.8 Å². The van der Waals surface area contributed by atoms with Crippen LogP contribution >= 0.6 is 11.8 Å². The van der Waals surface area contributed by atoms with E-state index in [0.29, 0.717) is 0 Å². The van der Waals surface area contributed by atoms with Crippen molar-refractivity contribution in [3.63, 3.8) is 0 Å². The SMILES string of the molecule is CSCCCCOCCCOCCCNCC(C)C. The van der Waals surface area contributed by atoms with Crippen LogP contribution in [0.25, 0.3) is 0 Å². The second-order valence-corrected chi connectivity index (χ2v) is 6.22. The summed E-state index contributed by atoms with van der Waals surface area (Å²) in [6.07, 6.45) is 6.71. The van der Waals surface area contributed by atoms with Crippen molar-refractivity contribution < 1.29 is 9.47 Å². The fourth-order valence-corrected chi connectivity index (χ4v) is 2.10. The molecule has 0 aliphatic heterocycles. The van der Waals surface area contributed by atoms with Crippen LogP contribution in [0.2, 0.25) is 0 Å². The quantitative estimate of drug-likeness (QED) is 0.469. The van der Waals surface area contributed by atoms with E-state index in [0.717, 1.165) is 58.3 Å². The molecule has 0 saturated carbocycles. The Kier molecular flexibility index (Phi) is 16.5. The van der Waals surface area contributed by atoms with E-state index in [1.54, 1.807) is 0 Å². The van der Waals surface area contributed by atoms with Crippen LogP contribution in [0.4, 0.5) is 0 Å². The molecule has 4 heteroatoms. The highest BCUT2D eigenvalue weighted by molar-refractivity contribution is 7.98. The number of hydrogen-bond acceptors (Lipinski definition) is 4. The van der Waals surface area contributed by atoms with Crippen molar-refractivity contribution in [2.24, 2.45) is 5.92 Å². The molecule has 1 N–H and O–H groups in total. The number of ether oxygens (including phenoxy) is 2. The Bertz CT molecular complexity index is 168. The van der Waals surface area contributed by atoms with Gasteiger partial charge in [0.1, 0.15) is 0 Å². The molecule has 3 nitrogen and oxygen atoms in total. The molecule has 0 aromatic rings. The first-order valence-electron chi connectivity index (χ1n) is 7.62. The van der Waals surface area contributed by atoms with Gasteiger partial charge < -0.3 is 14.8 Å². The molecule has 0 heterocycles. The first-order valence-corrected chi connectivity index (χ1v) is 9.02. The summed E-state index contributed by atoms with van der Waals surface area (Å²) in [5, 5.41) is 3.41. The van der Waals surface area contributed by atoms with E-state index in [-0.39, 0.29) is 0 Å². The molecule has 0 unspecified atom stereocenters. The lowest BCUT2D eigenvalue weighted by Crippen LogP contribution is -2.21. The van der Waals surface area contributed by atoms with E-state index in [2.05, 4.69) is 25.4 Å². The average molecular weight is 292 g/mol. The predicted octanol–water partition coefficient (Wildman–Crippen LogP) is 3.19. The minimum atomic E-state index is 0.731.